The van der Waals surface area contributed by atoms with Gasteiger partial charge in [0.1, 0.15) is 5.52 Å². The van der Waals surface area contributed by atoms with E-state index < -0.39 is 0 Å². The summed E-state index contributed by atoms with van der Waals surface area (Å²) in [4.78, 5) is 11.7. The Morgan fingerprint density at radius 2 is 0.575 bits per heavy atom. The predicted molar refractivity (Wildman–Crippen MR) is 363 cm³/mol. The van der Waals surface area contributed by atoms with Crippen molar-refractivity contribution in [2.24, 2.45) is 0 Å². The quantitative estimate of drug-likeness (QED) is 0.160. The molecule has 6 heterocycles. The molecule has 0 fully saturated rings. The summed E-state index contributed by atoms with van der Waals surface area (Å²) in [5.41, 5.74) is 27.5. The van der Waals surface area contributed by atoms with Crippen molar-refractivity contribution in [2.45, 2.75) is 55.4 Å². The summed E-state index contributed by atoms with van der Waals surface area (Å²) < 4.78 is 17.8. The van der Waals surface area contributed by atoms with Crippen molar-refractivity contribution >= 4 is 98.3 Å². The van der Waals surface area contributed by atoms with Gasteiger partial charge >= 0.3 is 0 Å². The van der Waals surface area contributed by atoms with E-state index in [4.69, 9.17) is 14.4 Å². The van der Waals surface area contributed by atoms with E-state index in [1.165, 1.54) is 66.1 Å². The van der Waals surface area contributed by atoms with Crippen LogP contribution in [-0.2, 0) is 0 Å². The number of aryl methyl sites for hydroxylation is 8. The molecule has 17 rings (SSSR count). The molecule has 11 aromatic carbocycles. The molecule has 0 amide bonds. The van der Waals surface area contributed by atoms with E-state index >= 15 is 0 Å². The lowest BCUT2D eigenvalue weighted by molar-refractivity contribution is 0.619. The first kappa shape index (κ1) is 50.7. The second-order valence-electron chi connectivity index (χ2n) is 24.4. The Bertz CT molecular complexity index is 5530. The van der Waals surface area contributed by atoms with Crippen LogP contribution in [0.4, 0.5) is 0 Å². The number of nitrogens with zero attached hydrogens (tertiary/aromatic N) is 6. The molecule has 0 aliphatic carbocycles. The molecule has 0 aliphatic rings. The molecule has 7 heteroatoms. The fourth-order valence-electron chi connectivity index (χ4n) is 14.3. The molecule has 0 unspecified atom stereocenters. The number of para-hydroxylation sites is 2. The molecule has 0 radical (unpaired) electrons. The monoisotopic (exact) mass is 1120 g/mol. The van der Waals surface area contributed by atoms with E-state index in [0.717, 1.165) is 122 Å². The lowest BCUT2D eigenvalue weighted by atomic mass is 9.93. The minimum Gasteiger partial charge on any atom is -0.436 e. The van der Waals surface area contributed by atoms with Crippen LogP contribution in [0.3, 0.4) is 0 Å². The smallest absolute Gasteiger partial charge is 0.230 e. The minimum absolute atomic E-state index is 0.477. The Labute approximate surface area is 503 Å². The van der Waals surface area contributed by atoms with Crippen molar-refractivity contribution in [3.8, 4) is 56.7 Å². The molecular formula is C80H60N6O. The molecule has 0 aliphatic heterocycles. The molecule has 416 valence electrons. The Kier molecular flexibility index (Phi) is 11.0. The minimum atomic E-state index is 0.477. The van der Waals surface area contributed by atoms with Crippen molar-refractivity contribution < 1.29 is 4.42 Å². The van der Waals surface area contributed by atoms with Crippen LogP contribution in [0.25, 0.3) is 155 Å². The molecule has 87 heavy (non-hydrogen) atoms. The molecule has 0 bridgehead atoms. The van der Waals surface area contributed by atoms with Crippen molar-refractivity contribution in [1.82, 2.24) is 28.2 Å². The summed E-state index contributed by atoms with van der Waals surface area (Å²) in [6.07, 6.45) is 0. The van der Waals surface area contributed by atoms with Gasteiger partial charge in [-0.15, -0.1) is 0 Å². The zero-order chi connectivity index (χ0) is 58.7. The van der Waals surface area contributed by atoms with Crippen LogP contribution in [0.15, 0.2) is 223 Å². The highest BCUT2D eigenvalue weighted by molar-refractivity contribution is 6.19. The van der Waals surface area contributed by atoms with Crippen LogP contribution < -0.4 is 0 Å². The van der Waals surface area contributed by atoms with Gasteiger partial charge in [0.15, 0.2) is 5.58 Å². The second kappa shape index (κ2) is 18.9. The van der Waals surface area contributed by atoms with Crippen molar-refractivity contribution in [2.75, 3.05) is 0 Å². The zero-order valence-electron chi connectivity index (χ0n) is 49.9. The number of benzene rings is 11. The Hall–Kier alpha value is -10.8. The summed E-state index contributed by atoms with van der Waals surface area (Å²) in [5, 5.41) is 9.32. The first-order valence-electron chi connectivity index (χ1n) is 30.1. The van der Waals surface area contributed by atoms with Crippen molar-refractivity contribution in [1.29, 1.82) is 0 Å². The third-order valence-corrected chi connectivity index (χ3v) is 18.2. The topological polar surface area (TPSA) is 58.6 Å². The maximum absolute atomic E-state index is 7.51. The molecule has 7 nitrogen and oxygen atoms in total. The van der Waals surface area contributed by atoms with E-state index in [9.17, 15) is 0 Å². The Morgan fingerprint density at radius 3 is 0.931 bits per heavy atom. The van der Waals surface area contributed by atoms with Gasteiger partial charge in [0.2, 0.25) is 5.89 Å². The molecular weight excluding hydrogens is 1060 g/mol. The average Bonchev–Trinajstić information content (AvgIpc) is 1.64. The van der Waals surface area contributed by atoms with Crippen LogP contribution in [0.2, 0.25) is 0 Å². The Morgan fingerprint density at radius 1 is 0.264 bits per heavy atom. The first-order chi connectivity index (χ1) is 42.4. The molecule has 6 aromatic heterocycles. The van der Waals surface area contributed by atoms with Gasteiger partial charge in [-0.3, -0.25) is 0 Å². The Balaban J connectivity index is 1.27. The van der Waals surface area contributed by atoms with Crippen LogP contribution in [0, 0.1) is 55.4 Å². The fraction of sp³-hybridized carbons (Fsp3) is 0.100. The number of aromatic nitrogens is 6. The predicted octanol–water partition coefficient (Wildman–Crippen LogP) is 21.1. The third-order valence-electron chi connectivity index (χ3n) is 18.2. The molecule has 0 spiro atoms. The molecule has 0 saturated heterocycles. The van der Waals surface area contributed by atoms with Crippen LogP contribution in [0.1, 0.15) is 44.5 Å². The van der Waals surface area contributed by atoms with E-state index in [1.54, 1.807) is 0 Å². The maximum atomic E-state index is 7.51. The van der Waals surface area contributed by atoms with E-state index in [-0.39, 0.29) is 0 Å². The molecule has 0 N–H and O–H groups in total. The van der Waals surface area contributed by atoms with Crippen LogP contribution in [-0.4, -0.2) is 28.2 Å². The van der Waals surface area contributed by atoms with Gasteiger partial charge in [-0.1, -0.05) is 142 Å². The van der Waals surface area contributed by atoms with Gasteiger partial charge in [0.05, 0.1) is 83.8 Å². The average molecular weight is 1120 g/mol. The normalized spacial score (nSPS) is 12.1. The summed E-state index contributed by atoms with van der Waals surface area (Å²) in [5.74, 6) is 0.477. The molecule has 17 aromatic rings. The molecule has 0 atom stereocenters. The second-order valence-corrected chi connectivity index (χ2v) is 24.4. The highest BCUT2D eigenvalue weighted by atomic mass is 16.3. The summed E-state index contributed by atoms with van der Waals surface area (Å²) >= 11 is 0. The van der Waals surface area contributed by atoms with Gasteiger partial charge in [-0.2, -0.15) is 0 Å². The number of hydrogen-bond acceptors (Lipinski definition) is 3. The van der Waals surface area contributed by atoms with Gasteiger partial charge in [-0.25, -0.2) is 9.97 Å². The summed E-state index contributed by atoms with van der Waals surface area (Å²) in [7, 11) is 0. The first-order valence-corrected chi connectivity index (χ1v) is 30.1. The number of fused-ring (bicyclic) bond motifs is 13. The van der Waals surface area contributed by atoms with Crippen molar-refractivity contribution in [3.63, 3.8) is 0 Å². The van der Waals surface area contributed by atoms with Crippen molar-refractivity contribution in [3.05, 3.63) is 263 Å². The fourth-order valence-corrected chi connectivity index (χ4v) is 14.3. The lowest BCUT2D eigenvalue weighted by Crippen LogP contribution is -2.17. The SMILES string of the molecule is Cc1ccc2c(c1)c1cc(C)ccc1n2-c1c(-c2cccc(-c3ccccc3)n2)c(-c2nc3ccccc3o2)c(-n2c3ccc(C)cc3c3cc(C)ccc32)c(-n2c3ccc(C)cc3c3cc(C)ccc32)c1-n1c2ccc(C)cc2c2cc(C)ccc21. The lowest BCUT2D eigenvalue weighted by Gasteiger charge is -2.30. The van der Waals surface area contributed by atoms with Crippen LogP contribution >= 0.6 is 0 Å². The van der Waals surface area contributed by atoms with Gasteiger partial charge in [0.25, 0.3) is 0 Å². The largest absolute Gasteiger partial charge is 0.436 e. The summed E-state index contributed by atoms with van der Waals surface area (Å²) in [6, 6.07) is 81.1. The highest BCUT2D eigenvalue weighted by Gasteiger charge is 2.38. The number of hydrogen-bond donors (Lipinski definition) is 0. The number of oxazole rings is 1. The number of rotatable bonds is 7. The standard InChI is InChI=1S/C80H60N6O/c1-45-21-29-65-54(37-45)55-38-46(2)22-30-66(55)83(65)76-74(64-19-14-18-62(81-64)53-15-10-9-11-16-53)75(80-82-63-17-12-13-20-73(63)87-80)77(84-67-31-23-47(3)39-56(67)57-40-48(4)24-32-68(57)84)79(86-71-35-27-51(7)43-60(71)61-44-52(8)28-36-72(61)86)78(76)85-69-33-25-49(5)41-58(69)59-42-50(6)26-34-70(59)85/h9-44H,1-8H3. The number of pyridine rings is 1. The molecule has 0 saturated carbocycles. The van der Waals surface area contributed by atoms with E-state index in [0.29, 0.717) is 11.5 Å². The zero-order valence-corrected chi connectivity index (χ0v) is 49.9. The van der Waals surface area contributed by atoms with E-state index in [2.05, 4.69) is 280 Å². The maximum Gasteiger partial charge on any atom is 0.230 e. The van der Waals surface area contributed by atoms with Gasteiger partial charge < -0.3 is 22.7 Å². The van der Waals surface area contributed by atoms with E-state index in [1.807, 2.05) is 12.1 Å². The highest BCUT2D eigenvalue weighted by Crippen LogP contribution is 2.55. The van der Waals surface area contributed by atoms with Crippen LogP contribution in [0.5, 0.6) is 0 Å². The third kappa shape index (κ3) is 7.61. The summed E-state index contributed by atoms with van der Waals surface area (Å²) in [6.45, 7) is 17.6. The van der Waals surface area contributed by atoms with Gasteiger partial charge in [-0.05, 0) is 177 Å². The van der Waals surface area contributed by atoms with Gasteiger partial charge in [0, 0.05) is 54.2 Å².